The molecule has 19 heavy (non-hydrogen) atoms. The zero-order valence-corrected chi connectivity index (χ0v) is 10.8. The van der Waals surface area contributed by atoms with Crippen molar-refractivity contribution in [3.05, 3.63) is 64.9 Å². The molecule has 0 bridgehead atoms. The lowest BCUT2D eigenvalue weighted by Crippen LogP contribution is -2.02. The summed E-state index contributed by atoms with van der Waals surface area (Å²) in [5.74, 6) is -0.330. The molecule has 0 aliphatic rings. The van der Waals surface area contributed by atoms with Crippen LogP contribution in [0.3, 0.4) is 0 Å². The zero-order chi connectivity index (χ0) is 13.2. The van der Waals surface area contributed by atoms with Crippen molar-refractivity contribution < 1.29 is 9.18 Å². The number of nitrogens with zero attached hydrogens (tertiary/aromatic N) is 1. The van der Waals surface area contributed by atoms with E-state index < -0.39 is 0 Å². The van der Waals surface area contributed by atoms with Crippen LogP contribution in [0.4, 0.5) is 4.39 Å². The molecule has 0 unspecified atom stereocenters. The molecule has 3 aromatic rings. The van der Waals surface area contributed by atoms with Crippen molar-refractivity contribution in [1.82, 2.24) is 4.98 Å². The number of carbonyl (C=O) groups excluding carboxylic acids is 1. The molecular formula is C15H10FNOS. The number of rotatable bonds is 3. The van der Waals surface area contributed by atoms with Gasteiger partial charge >= 0.3 is 0 Å². The smallest absolute Gasteiger partial charge is 0.195 e. The van der Waals surface area contributed by atoms with Gasteiger partial charge in [-0.25, -0.2) is 9.37 Å². The Morgan fingerprint density at radius 1 is 1.11 bits per heavy atom. The van der Waals surface area contributed by atoms with Crippen LogP contribution in [0, 0.1) is 5.82 Å². The van der Waals surface area contributed by atoms with Crippen LogP contribution in [-0.2, 0) is 6.42 Å². The predicted octanol–water partition coefficient (Wildman–Crippen LogP) is 3.86. The standard InChI is InChI=1S/C15H10FNOS/c16-11-7-5-10(6-8-11)9-13(18)15-17-12-3-1-2-4-14(12)19-15/h1-8H,9H2. The zero-order valence-electron chi connectivity index (χ0n) is 9.97. The normalized spacial score (nSPS) is 10.8. The first kappa shape index (κ1) is 12.0. The molecule has 3 rings (SSSR count). The van der Waals surface area contributed by atoms with E-state index in [0.717, 1.165) is 15.8 Å². The van der Waals surface area contributed by atoms with E-state index in [-0.39, 0.29) is 18.0 Å². The number of hydrogen-bond acceptors (Lipinski definition) is 3. The van der Waals surface area contributed by atoms with Crippen LogP contribution in [-0.4, -0.2) is 10.8 Å². The summed E-state index contributed by atoms with van der Waals surface area (Å²) in [6.07, 6.45) is 0.250. The highest BCUT2D eigenvalue weighted by atomic mass is 32.1. The number of Topliss-reactive ketones (excluding diaryl/α,β-unsaturated/α-hetero) is 1. The Kier molecular flexibility index (Phi) is 3.09. The van der Waals surface area contributed by atoms with Crippen LogP contribution in [0.25, 0.3) is 10.2 Å². The molecule has 0 fully saturated rings. The summed E-state index contributed by atoms with van der Waals surface area (Å²) in [6, 6.07) is 13.6. The molecular weight excluding hydrogens is 261 g/mol. The van der Waals surface area contributed by atoms with Gasteiger partial charge in [0.05, 0.1) is 10.2 Å². The fourth-order valence-corrected chi connectivity index (χ4v) is 2.76. The summed E-state index contributed by atoms with van der Waals surface area (Å²) in [5, 5.41) is 0.505. The van der Waals surface area contributed by atoms with E-state index in [1.54, 1.807) is 12.1 Å². The van der Waals surface area contributed by atoms with E-state index in [9.17, 15) is 9.18 Å². The Hall–Kier alpha value is -2.07. The fourth-order valence-electron chi connectivity index (χ4n) is 1.85. The van der Waals surface area contributed by atoms with Gasteiger partial charge in [0.15, 0.2) is 10.8 Å². The van der Waals surface area contributed by atoms with E-state index in [0.29, 0.717) is 5.01 Å². The molecule has 0 N–H and O–H groups in total. The van der Waals surface area contributed by atoms with Crippen LogP contribution in [0.1, 0.15) is 15.4 Å². The second kappa shape index (κ2) is 4.90. The molecule has 0 amide bonds. The summed E-state index contributed by atoms with van der Waals surface area (Å²) in [4.78, 5) is 16.4. The van der Waals surface area contributed by atoms with E-state index in [2.05, 4.69) is 4.98 Å². The predicted molar refractivity (Wildman–Crippen MR) is 74.1 cm³/mol. The van der Waals surface area contributed by atoms with Gasteiger partial charge in [-0.1, -0.05) is 24.3 Å². The first-order valence-electron chi connectivity index (χ1n) is 5.85. The number of thiazole rings is 1. The molecule has 0 saturated carbocycles. The molecule has 0 radical (unpaired) electrons. The first-order chi connectivity index (χ1) is 9.22. The largest absolute Gasteiger partial charge is 0.291 e. The molecule has 4 heteroatoms. The highest BCUT2D eigenvalue weighted by Gasteiger charge is 2.12. The second-order valence-electron chi connectivity index (χ2n) is 4.21. The van der Waals surface area contributed by atoms with Gasteiger partial charge in [0, 0.05) is 6.42 Å². The third-order valence-electron chi connectivity index (χ3n) is 2.81. The number of para-hydroxylation sites is 1. The number of benzene rings is 2. The van der Waals surface area contributed by atoms with Gasteiger partial charge < -0.3 is 0 Å². The minimum absolute atomic E-state index is 0.0344. The average Bonchev–Trinajstić information content (AvgIpc) is 2.85. The highest BCUT2D eigenvalue weighted by Crippen LogP contribution is 2.22. The Bertz CT molecular complexity index is 700. The van der Waals surface area contributed by atoms with Gasteiger partial charge in [-0.2, -0.15) is 0 Å². The Morgan fingerprint density at radius 3 is 2.58 bits per heavy atom. The minimum atomic E-state index is -0.295. The third-order valence-corrected chi connectivity index (χ3v) is 3.89. The molecule has 1 aromatic heterocycles. The van der Waals surface area contributed by atoms with Crippen LogP contribution in [0.5, 0.6) is 0 Å². The maximum Gasteiger partial charge on any atom is 0.195 e. The third kappa shape index (κ3) is 2.53. The van der Waals surface area contributed by atoms with Crippen molar-refractivity contribution in [2.24, 2.45) is 0 Å². The summed E-state index contributed by atoms with van der Waals surface area (Å²) in [7, 11) is 0. The molecule has 1 heterocycles. The minimum Gasteiger partial charge on any atom is -0.291 e. The van der Waals surface area contributed by atoms with Crippen molar-refractivity contribution in [2.45, 2.75) is 6.42 Å². The Balaban J connectivity index is 1.85. The lowest BCUT2D eigenvalue weighted by Gasteiger charge is -1.98. The molecule has 0 spiro atoms. The van der Waals surface area contributed by atoms with Crippen LogP contribution in [0.15, 0.2) is 48.5 Å². The van der Waals surface area contributed by atoms with Gasteiger partial charge in [0.1, 0.15) is 5.82 Å². The summed E-state index contributed by atoms with van der Waals surface area (Å²) < 4.78 is 13.8. The first-order valence-corrected chi connectivity index (χ1v) is 6.67. The number of carbonyl (C=O) groups is 1. The summed E-state index contributed by atoms with van der Waals surface area (Å²) in [6.45, 7) is 0. The SMILES string of the molecule is O=C(Cc1ccc(F)cc1)c1nc2ccccc2s1. The van der Waals surface area contributed by atoms with Crippen molar-refractivity contribution in [3.8, 4) is 0 Å². The number of ketones is 1. The van der Waals surface area contributed by atoms with Crippen LogP contribution < -0.4 is 0 Å². The quantitative estimate of drug-likeness (QED) is 0.677. The van der Waals surface area contributed by atoms with Crippen molar-refractivity contribution in [2.75, 3.05) is 0 Å². The second-order valence-corrected chi connectivity index (χ2v) is 5.24. The van der Waals surface area contributed by atoms with Gasteiger partial charge in [-0.15, -0.1) is 11.3 Å². The molecule has 2 nitrogen and oxygen atoms in total. The van der Waals surface area contributed by atoms with Crippen LogP contribution >= 0.6 is 11.3 Å². The average molecular weight is 271 g/mol. The monoisotopic (exact) mass is 271 g/mol. The topological polar surface area (TPSA) is 30.0 Å². The number of hydrogen-bond donors (Lipinski definition) is 0. The number of aromatic nitrogens is 1. The van der Waals surface area contributed by atoms with E-state index >= 15 is 0 Å². The maximum atomic E-state index is 12.8. The maximum absolute atomic E-state index is 12.8. The number of fused-ring (bicyclic) bond motifs is 1. The highest BCUT2D eigenvalue weighted by molar-refractivity contribution is 7.20. The number of halogens is 1. The fraction of sp³-hybridized carbons (Fsp3) is 0.0667. The molecule has 2 aromatic carbocycles. The van der Waals surface area contributed by atoms with E-state index in [4.69, 9.17) is 0 Å². The molecule has 0 aliphatic carbocycles. The van der Waals surface area contributed by atoms with Crippen molar-refractivity contribution >= 4 is 27.3 Å². The molecule has 94 valence electrons. The van der Waals surface area contributed by atoms with E-state index in [1.807, 2.05) is 24.3 Å². The van der Waals surface area contributed by atoms with Crippen LogP contribution in [0.2, 0.25) is 0 Å². The summed E-state index contributed by atoms with van der Waals surface area (Å²) >= 11 is 1.39. The van der Waals surface area contributed by atoms with Gasteiger partial charge in [0.25, 0.3) is 0 Å². The molecule has 0 atom stereocenters. The van der Waals surface area contributed by atoms with Gasteiger partial charge in [-0.05, 0) is 29.8 Å². The molecule has 0 saturated heterocycles. The Morgan fingerprint density at radius 2 is 1.84 bits per heavy atom. The van der Waals surface area contributed by atoms with Gasteiger partial charge in [0.2, 0.25) is 0 Å². The Labute approximate surface area is 113 Å². The lowest BCUT2D eigenvalue weighted by molar-refractivity contribution is 0.0993. The van der Waals surface area contributed by atoms with Crippen molar-refractivity contribution in [1.29, 1.82) is 0 Å². The van der Waals surface area contributed by atoms with Gasteiger partial charge in [-0.3, -0.25) is 4.79 Å². The van der Waals surface area contributed by atoms with Crippen molar-refractivity contribution in [3.63, 3.8) is 0 Å². The molecule has 0 aliphatic heterocycles. The van der Waals surface area contributed by atoms with E-state index in [1.165, 1.54) is 23.5 Å². The lowest BCUT2D eigenvalue weighted by atomic mass is 10.1. The summed E-state index contributed by atoms with van der Waals surface area (Å²) in [5.41, 5.74) is 1.64.